The molecule has 0 aromatic heterocycles. The third-order valence-corrected chi connectivity index (χ3v) is 3.58. The molecular weight excluding hydrogens is 272 g/mol. The summed E-state index contributed by atoms with van der Waals surface area (Å²) in [7, 11) is 1.62. The summed E-state index contributed by atoms with van der Waals surface area (Å²) in [4.78, 5) is 0. The van der Waals surface area contributed by atoms with Gasteiger partial charge in [-0.2, -0.15) is 0 Å². The number of hydrogen-bond acceptors (Lipinski definition) is 5. The van der Waals surface area contributed by atoms with Crippen molar-refractivity contribution in [1.29, 1.82) is 0 Å². The molecule has 0 radical (unpaired) electrons. The predicted molar refractivity (Wildman–Crippen MR) is 78.5 cm³/mol. The Kier molecular flexibility index (Phi) is 5.99. The second-order valence-electron chi connectivity index (χ2n) is 5.48. The van der Waals surface area contributed by atoms with Gasteiger partial charge in [-0.1, -0.05) is 6.07 Å². The average molecular weight is 296 g/mol. The van der Waals surface area contributed by atoms with Crippen molar-refractivity contribution in [2.24, 2.45) is 0 Å². The summed E-state index contributed by atoms with van der Waals surface area (Å²) >= 11 is 0. The molecule has 5 nitrogen and oxygen atoms in total. The monoisotopic (exact) mass is 296 g/mol. The van der Waals surface area contributed by atoms with Gasteiger partial charge in [-0.15, -0.1) is 0 Å². The van der Waals surface area contributed by atoms with E-state index in [0.717, 1.165) is 24.0 Å². The van der Waals surface area contributed by atoms with E-state index in [1.165, 1.54) is 0 Å². The molecule has 0 fully saturated rings. The first-order chi connectivity index (χ1) is 10.1. The quantitative estimate of drug-likeness (QED) is 0.760. The Labute approximate surface area is 125 Å². The molecule has 0 aliphatic heterocycles. The molecule has 1 aliphatic rings. The summed E-state index contributed by atoms with van der Waals surface area (Å²) < 4.78 is 16.0. The van der Waals surface area contributed by atoms with Crippen molar-refractivity contribution in [2.75, 3.05) is 26.9 Å². The van der Waals surface area contributed by atoms with Crippen LogP contribution >= 0.6 is 0 Å². The van der Waals surface area contributed by atoms with Gasteiger partial charge in [0.25, 0.3) is 0 Å². The molecule has 1 aliphatic carbocycles. The van der Waals surface area contributed by atoms with E-state index in [4.69, 9.17) is 14.2 Å². The van der Waals surface area contributed by atoms with Gasteiger partial charge in [-0.3, -0.25) is 0 Å². The minimum atomic E-state index is -0.678. The second kappa shape index (κ2) is 7.75. The van der Waals surface area contributed by atoms with Crippen LogP contribution in [0.15, 0.2) is 18.2 Å². The van der Waals surface area contributed by atoms with Crippen LogP contribution in [-0.2, 0) is 15.9 Å². The van der Waals surface area contributed by atoms with E-state index in [9.17, 15) is 10.2 Å². The van der Waals surface area contributed by atoms with Crippen LogP contribution in [0.3, 0.4) is 0 Å². The average Bonchev–Trinajstić information content (AvgIpc) is 2.84. The molecular formula is C16H24O5. The normalized spacial score (nSPS) is 20.1. The largest absolute Gasteiger partial charge is 0.491 e. The number of benzene rings is 1. The molecule has 0 bridgehead atoms. The number of hydrogen-bond donors (Lipinski definition) is 2. The number of methoxy groups -OCH3 is 1. The summed E-state index contributed by atoms with van der Waals surface area (Å²) in [6, 6.07) is 5.66. The molecule has 2 N–H and O–H groups in total. The summed E-state index contributed by atoms with van der Waals surface area (Å²) in [6.07, 6.45) is 0.560. The van der Waals surface area contributed by atoms with E-state index in [1.54, 1.807) is 7.11 Å². The van der Waals surface area contributed by atoms with Crippen molar-refractivity contribution in [3.8, 4) is 5.75 Å². The Morgan fingerprint density at radius 2 is 2.10 bits per heavy atom. The minimum absolute atomic E-state index is 0.0499. The number of rotatable bonds is 8. The highest BCUT2D eigenvalue weighted by Crippen LogP contribution is 2.33. The first-order valence-corrected chi connectivity index (χ1v) is 7.32. The second-order valence-corrected chi connectivity index (χ2v) is 5.48. The SMILES string of the molecule is COCC(C)OCC(O)COc1ccc2c(c1)CCC2O. The van der Waals surface area contributed by atoms with Gasteiger partial charge in [0.15, 0.2) is 0 Å². The van der Waals surface area contributed by atoms with Crippen LogP contribution in [0, 0.1) is 0 Å². The van der Waals surface area contributed by atoms with Crippen LogP contribution in [0.25, 0.3) is 0 Å². The number of aliphatic hydroxyl groups is 2. The molecule has 0 spiro atoms. The number of fused-ring (bicyclic) bond motifs is 1. The van der Waals surface area contributed by atoms with E-state index in [2.05, 4.69) is 0 Å². The Morgan fingerprint density at radius 3 is 2.86 bits per heavy atom. The molecule has 5 heteroatoms. The van der Waals surface area contributed by atoms with Crippen LogP contribution in [0.5, 0.6) is 5.75 Å². The van der Waals surface area contributed by atoms with Crippen LogP contribution < -0.4 is 4.74 Å². The van der Waals surface area contributed by atoms with E-state index in [1.807, 2.05) is 25.1 Å². The van der Waals surface area contributed by atoms with E-state index < -0.39 is 6.10 Å². The Balaban J connectivity index is 1.75. The fourth-order valence-corrected chi connectivity index (χ4v) is 2.46. The summed E-state index contributed by atoms with van der Waals surface area (Å²) in [5.74, 6) is 0.715. The highest BCUT2D eigenvalue weighted by molar-refractivity contribution is 5.39. The molecule has 3 atom stereocenters. The lowest BCUT2D eigenvalue weighted by Gasteiger charge is -2.16. The molecule has 1 aromatic carbocycles. The van der Waals surface area contributed by atoms with Crippen LogP contribution in [0.1, 0.15) is 30.6 Å². The van der Waals surface area contributed by atoms with Gasteiger partial charge in [0.05, 0.1) is 25.4 Å². The van der Waals surface area contributed by atoms with E-state index in [0.29, 0.717) is 12.4 Å². The third-order valence-electron chi connectivity index (χ3n) is 3.58. The van der Waals surface area contributed by atoms with E-state index >= 15 is 0 Å². The van der Waals surface area contributed by atoms with Gasteiger partial charge >= 0.3 is 0 Å². The fourth-order valence-electron chi connectivity index (χ4n) is 2.46. The lowest BCUT2D eigenvalue weighted by molar-refractivity contribution is -0.0423. The van der Waals surface area contributed by atoms with Gasteiger partial charge in [0.2, 0.25) is 0 Å². The zero-order valence-corrected chi connectivity index (χ0v) is 12.6. The summed E-state index contributed by atoms with van der Waals surface area (Å²) in [5, 5.41) is 19.6. The van der Waals surface area contributed by atoms with Crippen molar-refractivity contribution >= 4 is 0 Å². The highest BCUT2D eigenvalue weighted by atomic mass is 16.5. The van der Waals surface area contributed by atoms with Crippen molar-refractivity contribution < 1.29 is 24.4 Å². The van der Waals surface area contributed by atoms with Gasteiger partial charge in [-0.25, -0.2) is 0 Å². The molecule has 0 amide bonds. The first-order valence-electron chi connectivity index (χ1n) is 7.32. The van der Waals surface area contributed by atoms with Gasteiger partial charge < -0.3 is 24.4 Å². The third kappa shape index (κ3) is 4.68. The summed E-state index contributed by atoms with van der Waals surface area (Å²) in [6.45, 7) is 2.79. The predicted octanol–water partition coefficient (Wildman–Crippen LogP) is 1.46. The lowest BCUT2D eigenvalue weighted by Crippen LogP contribution is -2.27. The van der Waals surface area contributed by atoms with Crippen LogP contribution in [0.2, 0.25) is 0 Å². The minimum Gasteiger partial charge on any atom is -0.491 e. The standard InChI is InChI=1S/C16H24O5/c1-11(8-19-2)20-9-13(17)10-21-14-4-5-15-12(7-14)3-6-16(15)18/h4-5,7,11,13,16-18H,3,6,8-10H2,1-2H3. The molecule has 0 heterocycles. The van der Waals surface area contributed by atoms with Gasteiger partial charge in [-0.05, 0) is 43.0 Å². The van der Waals surface area contributed by atoms with Crippen molar-refractivity contribution in [2.45, 2.75) is 38.1 Å². The van der Waals surface area contributed by atoms with Crippen molar-refractivity contribution in [3.05, 3.63) is 29.3 Å². The smallest absolute Gasteiger partial charge is 0.119 e. The summed E-state index contributed by atoms with van der Waals surface area (Å²) in [5.41, 5.74) is 2.11. The molecule has 118 valence electrons. The Bertz CT molecular complexity index is 448. The topological polar surface area (TPSA) is 68.2 Å². The number of ether oxygens (including phenoxy) is 3. The van der Waals surface area contributed by atoms with Gasteiger partial charge in [0, 0.05) is 7.11 Å². The molecule has 21 heavy (non-hydrogen) atoms. The molecule has 0 saturated heterocycles. The van der Waals surface area contributed by atoms with Crippen LogP contribution in [-0.4, -0.2) is 49.4 Å². The molecule has 2 rings (SSSR count). The van der Waals surface area contributed by atoms with Gasteiger partial charge in [0.1, 0.15) is 18.5 Å². The first kappa shape index (κ1) is 16.2. The van der Waals surface area contributed by atoms with Crippen LogP contribution in [0.4, 0.5) is 0 Å². The maximum Gasteiger partial charge on any atom is 0.119 e. The molecule has 0 saturated carbocycles. The Hall–Kier alpha value is -1.14. The van der Waals surface area contributed by atoms with E-state index in [-0.39, 0.29) is 25.4 Å². The maximum atomic E-state index is 9.83. The molecule has 3 unspecified atom stereocenters. The molecule has 1 aromatic rings. The zero-order chi connectivity index (χ0) is 15.2. The van der Waals surface area contributed by atoms with Crippen molar-refractivity contribution in [1.82, 2.24) is 0 Å². The number of aliphatic hydroxyl groups excluding tert-OH is 2. The number of aryl methyl sites for hydroxylation is 1. The zero-order valence-electron chi connectivity index (χ0n) is 12.6. The van der Waals surface area contributed by atoms with Crippen molar-refractivity contribution in [3.63, 3.8) is 0 Å². The Morgan fingerprint density at radius 1 is 1.29 bits per heavy atom. The lowest BCUT2D eigenvalue weighted by atomic mass is 10.1. The highest BCUT2D eigenvalue weighted by Gasteiger charge is 2.20. The maximum absolute atomic E-state index is 9.83. The fraction of sp³-hybridized carbons (Fsp3) is 0.625.